The SMILES string of the molecule is CC(=O)SCc1cc(C#Cc2ccc(C#Cc3cc(CSC(C)=O)cc(CSC(C)=O)c3)c([N+](=O)[O-])c2)cc(CSC(C)=O)c1. The summed E-state index contributed by atoms with van der Waals surface area (Å²) < 4.78 is 0. The molecule has 0 aliphatic heterocycles. The van der Waals surface area contributed by atoms with Gasteiger partial charge in [0.25, 0.3) is 5.69 Å². The summed E-state index contributed by atoms with van der Waals surface area (Å²) in [4.78, 5) is 57.4. The lowest BCUT2D eigenvalue weighted by atomic mass is 10.1. The standard InChI is InChI=1S/C34H29NO6S4/c1-22(36)42-18-29-11-27(12-30(15-29)19-43-23(2)37)6-5-26-7-9-33(34(17-26)35(40)41)10-8-28-13-31(20-44-24(3)38)16-32(14-28)21-45-25(4)39/h7,9,11-17H,18-21H2,1-4H3. The maximum atomic E-state index is 12.0. The molecule has 45 heavy (non-hydrogen) atoms. The topological polar surface area (TPSA) is 111 Å². The van der Waals surface area contributed by atoms with Crippen molar-refractivity contribution in [2.75, 3.05) is 0 Å². The summed E-state index contributed by atoms with van der Waals surface area (Å²) in [5, 5.41) is 11.9. The molecule has 0 aromatic heterocycles. The van der Waals surface area contributed by atoms with Crippen molar-refractivity contribution in [3.63, 3.8) is 0 Å². The number of benzene rings is 3. The molecule has 0 N–H and O–H groups in total. The van der Waals surface area contributed by atoms with Gasteiger partial charge in [-0.15, -0.1) is 0 Å². The Morgan fingerprint density at radius 1 is 0.556 bits per heavy atom. The number of carbonyl (C=O) groups excluding carboxylic acids is 4. The molecule has 7 nitrogen and oxygen atoms in total. The maximum Gasteiger partial charge on any atom is 0.286 e. The van der Waals surface area contributed by atoms with Crippen LogP contribution in [0.4, 0.5) is 5.69 Å². The van der Waals surface area contributed by atoms with Crippen LogP contribution in [0.25, 0.3) is 0 Å². The second kappa shape index (κ2) is 17.7. The lowest BCUT2D eigenvalue weighted by molar-refractivity contribution is -0.385. The van der Waals surface area contributed by atoms with Crippen LogP contribution in [0.15, 0.2) is 54.6 Å². The Bertz CT molecular complexity index is 1710. The van der Waals surface area contributed by atoms with Crippen molar-refractivity contribution in [1.29, 1.82) is 0 Å². The minimum absolute atomic E-state index is 0.00578. The number of rotatable bonds is 9. The monoisotopic (exact) mass is 675 g/mol. The van der Waals surface area contributed by atoms with Gasteiger partial charge in [-0.3, -0.25) is 29.3 Å². The maximum absolute atomic E-state index is 12.0. The summed E-state index contributed by atoms with van der Waals surface area (Å²) >= 11 is 4.70. The first-order valence-electron chi connectivity index (χ1n) is 13.5. The Morgan fingerprint density at radius 2 is 0.911 bits per heavy atom. The van der Waals surface area contributed by atoms with Gasteiger partial charge in [0, 0.05) is 73.5 Å². The van der Waals surface area contributed by atoms with Gasteiger partial charge in [0.15, 0.2) is 20.5 Å². The van der Waals surface area contributed by atoms with E-state index in [9.17, 15) is 29.3 Å². The molecule has 3 aromatic rings. The van der Waals surface area contributed by atoms with Crippen molar-refractivity contribution >= 4 is 73.2 Å². The first kappa shape index (κ1) is 35.7. The van der Waals surface area contributed by atoms with E-state index in [-0.39, 0.29) is 31.7 Å². The number of nitro groups is 1. The molecule has 0 aliphatic carbocycles. The molecule has 0 bridgehead atoms. The number of hydrogen-bond donors (Lipinski definition) is 0. The van der Waals surface area contributed by atoms with Crippen LogP contribution in [0.1, 0.15) is 72.2 Å². The van der Waals surface area contributed by atoms with Gasteiger partial charge in [-0.05, 0) is 58.7 Å². The van der Waals surface area contributed by atoms with E-state index in [1.807, 2.05) is 36.4 Å². The van der Waals surface area contributed by atoms with Crippen molar-refractivity contribution in [3.05, 3.63) is 109 Å². The molecular formula is C34H29NO6S4. The molecule has 0 amide bonds. The Balaban J connectivity index is 1.93. The van der Waals surface area contributed by atoms with Crippen LogP contribution in [0.2, 0.25) is 0 Å². The molecule has 0 radical (unpaired) electrons. The highest BCUT2D eigenvalue weighted by Gasteiger charge is 2.13. The predicted octanol–water partition coefficient (Wildman–Crippen LogP) is 7.51. The first-order valence-corrected chi connectivity index (χ1v) is 17.4. The quantitative estimate of drug-likeness (QED) is 0.128. The van der Waals surface area contributed by atoms with Gasteiger partial charge in [-0.25, -0.2) is 0 Å². The summed E-state index contributed by atoms with van der Waals surface area (Å²) in [5.74, 6) is 13.8. The normalized spacial score (nSPS) is 10.2. The van der Waals surface area contributed by atoms with E-state index < -0.39 is 4.92 Å². The highest BCUT2D eigenvalue weighted by Crippen LogP contribution is 2.24. The van der Waals surface area contributed by atoms with Crippen LogP contribution in [0.5, 0.6) is 0 Å². The number of nitro benzene ring substituents is 1. The second-order valence-corrected chi connectivity index (χ2v) is 14.3. The minimum atomic E-state index is -0.499. The van der Waals surface area contributed by atoms with Gasteiger partial charge >= 0.3 is 0 Å². The Kier molecular flexibility index (Phi) is 14.0. The van der Waals surface area contributed by atoms with Crippen LogP contribution < -0.4 is 0 Å². The molecule has 0 fully saturated rings. The molecule has 0 heterocycles. The summed E-state index contributed by atoms with van der Waals surface area (Å²) in [7, 11) is 0. The molecule has 11 heteroatoms. The lowest BCUT2D eigenvalue weighted by Crippen LogP contribution is -1.94. The molecule has 230 valence electrons. The summed E-state index contributed by atoms with van der Waals surface area (Å²) in [5.41, 5.74) is 5.29. The Morgan fingerprint density at radius 3 is 1.27 bits per heavy atom. The van der Waals surface area contributed by atoms with Gasteiger partial charge in [-0.2, -0.15) is 0 Å². The van der Waals surface area contributed by atoms with Crippen molar-refractivity contribution in [2.24, 2.45) is 0 Å². The van der Waals surface area contributed by atoms with E-state index in [0.717, 1.165) is 22.3 Å². The Labute approximate surface area is 279 Å². The van der Waals surface area contributed by atoms with Gasteiger partial charge < -0.3 is 0 Å². The molecule has 0 atom stereocenters. The fourth-order valence-electron chi connectivity index (χ4n) is 3.89. The zero-order valence-electron chi connectivity index (χ0n) is 25.1. The molecule has 0 unspecified atom stereocenters. The summed E-state index contributed by atoms with van der Waals surface area (Å²) in [6.07, 6.45) is 0. The molecule has 0 spiro atoms. The van der Waals surface area contributed by atoms with E-state index in [4.69, 9.17) is 0 Å². The fraction of sp³-hybridized carbons (Fsp3) is 0.235. The number of thioether (sulfide) groups is 4. The first-order chi connectivity index (χ1) is 21.4. The van der Waals surface area contributed by atoms with Crippen molar-refractivity contribution in [1.82, 2.24) is 0 Å². The molecule has 0 aliphatic rings. The number of carbonyl (C=O) groups is 4. The van der Waals surface area contributed by atoms with E-state index in [2.05, 4.69) is 23.7 Å². The zero-order chi connectivity index (χ0) is 32.9. The Hall–Kier alpha value is -3.74. The number of hydrogen-bond acceptors (Lipinski definition) is 10. The van der Waals surface area contributed by atoms with E-state index in [0.29, 0.717) is 39.7 Å². The summed E-state index contributed by atoms with van der Waals surface area (Å²) in [6, 6.07) is 15.9. The highest BCUT2D eigenvalue weighted by atomic mass is 32.2. The van der Waals surface area contributed by atoms with Crippen LogP contribution in [-0.2, 0) is 42.2 Å². The van der Waals surface area contributed by atoms with Crippen molar-refractivity contribution in [2.45, 2.75) is 50.7 Å². The summed E-state index contributed by atoms with van der Waals surface area (Å²) in [6.45, 7) is 5.99. The third-order valence-corrected chi connectivity index (χ3v) is 9.30. The fourth-order valence-corrected chi connectivity index (χ4v) is 6.04. The van der Waals surface area contributed by atoms with Gasteiger partial charge in [0.2, 0.25) is 0 Å². The van der Waals surface area contributed by atoms with Crippen LogP contribution in [0.3, 0.4) is 0 Å². The largest absolute Gasteiger partial charge is 0.288 e. The molecule has 0 saturated carbocycles. The van der Waals surface area contributed by atoms with Gasteiger partial charge in [0.05, 0.1) is 4.92 Å². The third kappa shape index (κ3) is 13.0. The van der Waals surface area contributed by atoms with Crippen molar-refractivity contribution < 1.29 is 24.1 Å². The molecular weight excluding hydrogens is 647 g/mol. The third-order valence-electron chi connectivity index (χ3n) is 5.76. The molecule has 3 aromatic carbocycles. The minimum Gasteiger partial charge on any atom is -0.288 e. The zero-order valence-corrected chi connectivity index (χ0v) is 28.3. The van der Waals surface area contributed by atoms with Gasteiger partial charge in [-0.1, -0.05) is 82.9 Å². The highest BCUT2D eigenvalue weighted by molar-refractivity contribution is 8.13. The second-order valence-electron chi connectivity index (χ2n) is 9.69. The average molecular weight is 676 g/mol. The number of nitrogens with zero attached hydrogens (tertiary/aromatic N) is 1. The molecule has 0 saturated heterocycles. The van der Waals surface area contributed by atoms with E-state index >= 15 is 0 Å². The smallest absolute Gasteiger partial charge is 0.286 e. The molecule has 3 rings (SSSR count). The van der Waals surface area contributed by atoms with E-state index in [1.165, 1.54) is 80.8 Å². The lowest BCUT2D eigenvalue weighted by Gasteiger charge is -2.06. The predicted molar refractivity (Wildman–Crippen MR) is 186 cm³/mol. The van der Waals surface area contributed by atoms with Gasteiger partial charge in [0.1, 0.15) is 5.56 Å². The van der Waals surface area contributed by atoms with Crippen LogP contribution >= 0.6 is 47.0 Å². The average Bonchev–Trinajstić information content (AvgIpc) is 2.98. The van der Waals surface area contributed by atoms with Crippen LogP contribution in [0, 0.1) is 33.8 Å². The van der Waals surface area contributed by atoms with E-state index in [1.54, 1.807) is 12.1 Å². The van der Waals surface area contributed by atoms with Crippen LogP contribution in [-0.4, -0.2) is 25.4 Å². The van der Waals surface area contributed by atoms with Crippen molar-refractivity contribution in [3.8, 4) is 23.7 Å².